The topological polar surface area (TPSA) is 45.8 Å². The van der Waals surface area contributed by atoms with Crippen molar-refractivity contribution in [2.45, 2.75) is 32.6 Å². The van der Waals surface area contributed by atoms with Gasteiger partial charge in [-0.1, -0.05) is 50.0 Å². The number of nitrogens with zero attached hydrogens (tertiary/aromatic N) is 1. The molecule has 0 fully saturated rings. The molecule has 0 radical (unpaired) electrons. The molecular formula is C15H15BrCl2N2O. The Morgan fingerprint density at radius 3 is 2.33 bits per heavy atom. The molecule has 2 rings (SSSR count). The van der Waals surface area contributed by atoms with Crippen LogP contribution in [0.3, 0.4) is 0 Å². The number of nitrogens with one attached hydrogen (secondary N) is 1. The first-order valence-corrected chi connectivity index (χ1v) is 7.97. The zero-order valence-electron chi connectivity index (χ0n) is 11.9. The average molecular weight is 390 g/mol. The Labute approximate surface area is 141 Å². The molecule has 0 aliphatic rings. The minimum Gasteiger partial charge on any atom is -0.309 e. The van der Waals surface area contributed by atoms with Crippen molar-refractivity contribution in [3.8, 4) is 0 Å². The van der Waals surface area contributed by atoms with Crippen LogP contribution >= 0.6 is 39.1 Å². The zero-order chi connectivity index (χ0) is 15.8. The zero-order valence-corrected chi connectivity index (χ0v) is 15.0. The second-order valence-electron chi connectivity index (χ2n) is 5.80. The highest BCUT2D eigenvalue weighted by Crippen LogP contribution is 2.28. The molecule has 0 atom stereocenters. The minimum absolute atomic E-state index is 0.201. The molecule has 1 aromatic carbocycles. The van der Waals surface area contributed by atoms with Crippen molar-refractivity contribution in [2.24, 2.45) is 0 Å². The van der Waals surface area contributed by atoms with Crippen LogP contribution in [-0.2, 0) is 11.8 Å². The molecule has 1 aromatic heterocycles. The molecule has 0 unspecified atom stereocenters. The largest absolute Gasteiger partial charge is 0.309 e. The first kappa shape index (κ1) is 16.5. The molecule has 0 saturated carbocycles. The normalized spacial score (nSPS) is 11.7. The van der Waals surface area contributed by atoms with E-state index in [1.54, 1.807) is 18.2 Å². The number of benzene rings is 1. The van der Waals surface area contributed by atoms with Crippen molar-refractivity contribution in [1.29, 1.82) is 0 Å². The second kappa shape index (κ2) is 6.11. The number of hydrogen-bond acceptors (Lipinski definition) is 2. The van der Waals surface area contributed by atoms with Gasteiger partial charge in [-0.15, -0.1) is 0 Å². The molecule has 112 valence electrons. The summed E-state index contributed by atoms with van der Waals surface area (Å²) in [5, 5.41) is 1.12. The number of hydrogen-bond donors (Lipinski definition) is 1. The molecule has 6 heteroatoms. The third kappa shape index (κ3) is 3.68. The van der Waals surface area contributed by atoms with Crippen LogP contribution in [0.2, 0.25) is 10.0 Å². The van der Waals surface area contributed by atoms with E-state index in [1.165, 1.54) is 0 Å². The lowest BCUT2D eigenvalue weighted by Crippen LogP contribution is -2.23. The van der Waals surface area contributed by atoms with Gasteiger partial charge in [-0.25, -0.2) is 4.98 Å². The minimum atomic E-state index is -0.244. The fourth-order valence-corrected chi connectivity index (χ4v) is 3.27. The van der Waals surface area contributed by atoms with Crippen LogP contribution in [0.15, 0.2) is 27.5 Å². The standard InChI is InChI=1S/C15H15BrCl2N2O/c1-15(2,3)13-12(16)14(21)20-11(19-13)7-8-9(17)5-4-6-10(8)18/h4-6H,7H2,1-3H3,(H,19,20,21). The summed E-state index contributed by atoms with van der Waals surface area (Å²) in [6.45, 7) is 6.02. The fraction of sp³-hybridized carbons (Fsp3) is 0.333. The van der Waals surface area contributed by atoms with Crippen molar-refractivity contribution in [1.82, 2.24) is 9.97 Å². The molecule has 0 saturated heterocycles. The van der Waals surface area contributed by atoms with Gasteiger partial charge in [0.05, 0.1) is 5.69 Å². The van der Waals surface area contributed by atoms with Gasteiger partial charge in [0.2, 0.25) is 0 Å². The SMILES string of the molecule is CC(C)(C)c1nc(Cc2c(Cl)cccc2Cl)[nH]c(=O)c1Br. The number of H-pyrrole nitrogens is 1. The predicted molar refractivity (Wildman–Crippen MR) is 90.5 cm³/mol. The van der Waals surface area contributed by atoms with E-state index in [0.29, 0.717) is 32.5 Å². The van der Waals surface area contributed by atoms with Crippen molar-refractivity contribution in [3.63, 3.8) is 0 Å². The second-order valence-corrected chi connectivity index (χ2v) is 7.41. The van der Waals surface area contributed by atoms with E-state index in [2.05, 4.69) is 25.9 Å². The Kier molecular flexibility index (Phi) is 4.81. The van der Waals surface area contributed by atoms with Crippen LogP contribution in [0.4, 0.5) is 0 Å². The van der Waals surface area contributed by atoms with Crippen LogP contribution in [0.1, 0.15) is 37.9 Å². The van der Waals surface area contributed by atoms with E-state index < -0.39 is 0 Å². The maximum atomic E-state index is 12.1. The first-order chi connectivity index (χ1) is 9.70. The average Bonchev–Trinajstić information content (AvgIpc) is 2.36. The van der Waals surface area contributed by atoms with Crippen LogP contribution in [0.25, 0.3) is 0 Å². The van der Waals surface area contributed by atoms with Gasteiger partial charge in [0.25, 0.3) is 5.56 Å². The van der Waals surface area contributed by atoms with Crippen LogP contribution in [0.5, 0.6) is 0 Å². The summed E-state index contributed by atoms with van der Waals surface area (Å²) < 4.78 is 0.462. The van der Waals surface area contributed by atoms with E-state index in [9.17, 15) is 4.79 Å². The molecule has 0 aliphatic carbocycles. The lowest BCUT2D eigenvalue weighted by atomic mass is 9.92. The smallest absolute Gasteiger partial charge is 0.265 e. The summed E-state index contributed by atoms with van der Waals surface area (Å²) in [7, 11) is 0. The Morgan fingerprint density at radius 2 is 1.81 bits per heavy atom. The van der Waals surface area contributed by atoms with Gasteiger partial charge in [-0.05, 0) is 33.6 Å². The Morgan fingerprint density at radius 1 is 1.24 bits per heavy atom. The highest BCUT2D eigenvalue weighted by molar-refractivity contribution is 9.10. The van der Waals surface area contributed by atoms with Crippen LogP contribution in [-0.4, -0.2) is 9.97 Å². The predicted octanol–water partition coefficient (Wildman–Crippen LogP) is 4.73. The number of rotatable bonds is 2. The summed E-state index contributed by atoms with van der Waals surface area (Å²) >= 11 is 15.6. The van der Waals surface area contributed by atoms with Gasteiger partial charge in [-0.2, -0.15) is 0 Å². The maximum Gasteiger partial charge on any atom is 0.265 e. The van der Waals surface area contributed by atoms with Gasteiger partial charge in [0, 0.05) is 21.9 Å². The summed E-state index contributed by atoms with van der Waals surface area (Å²) in [6, 6.07) is 5.32. The van der Waals surface area contributed by atoms with Gasteiger partial charge in [-0.3, -0.25) is 4.79 Å². The van der Waals surface area contributed by atoms with Crippen LogP contribution in [0, 0.1) is 0 Å². The van der Waals surface area contributed by atoms with Crippen molar-refractivity contribution < 1.29 is 0 Å². The molecule has 0 aliphatic heterocycles. The Hall–Kier alpha value is -0.840. The third-order valence-electron chi connectivity index (χ3n) is 3.03. The monoisotopic (exact) mass is 388 g/mol. The van der Waals surface area contributed by atoms with Gasteiger partial charge >= 0.3 is 0 Å². The van der Waals surface area contributed by atoms with E-state index in [4.69, 9.17) is 23.2 Å². The fourth-order valence-electron chi connectivity index (χ4n) is 1.95. The van der Waals surface area contributed by atoms with E-state index >= 15 is 0 Å². The number of aromatic nitrogens is 2. The summed E-state index contributed by atoms with van der Waals surface area (Å²) in [5.74, 6) is 0.545. The lowest BCUT2D eigenvalue weighted by molar-refractivity contribution is 0.557. The summed E-state index contributed by atoms with van der Waals surface area (Å²) in [5.41, 5.74) is 1.02. The van der Waals surface area contributed by atoms with Crippen molar-refractivity contribution >= 4 is 39.1 Å². The molecule has 3 nitrogen and oxygen atoms in total. The molecule has 0 amide bonds. The van der Waals surface area contributed by atoms with E-state index in [0.717, 1.165) is 5.56 Å². The lowest BCUT2D eigenvalue weighted by Gasteiger charge is -2.19. The molecule has 1 N–H and O–H groups in total. The summed E-state index contributed by atoms with van der Waals surface area (Å²) in [6.07, 6.45) is 0.379. The van der Waals surface area contributed by atoms with Crippen molar-refractivity contribution in [2.75, 3.05) is 0 Å². The first-order valence-electron chi connectivity index (χ1n) is 6.42. The van der Waals surface area contributed by atoms with Crippen LogP contribution < -0.4 is 5.56 Å². The number of halogens is 3. The molecule has 2 aromatic rings. The summed E-state index contributed by atoms with van der Waals surface area (Å²) in [4.78, 5) is 19.4. The molecular weight excluding hydrogens is 375 g/mol. The Bertz CT molecular complexity index is 715. The van der Waals surface area contributed by atoms with E-state index in [-0.39, 0.29) is 11.0 Å². The highest BCUT2D eigenvalue weighted by Gasteiger charge is 2.22. The molecule has 21 heavy (non-hydrogen) atoms. The highest BCUT2D eigenvalue weighted by atomic mass is 79.9. The Balaban J connectivity index is 2.52. The molecule has 0 bridgehead atoms. The van der Waals surface area contributed by atoms with Gasteiger partial charge < -0.3 is 4.98 Å². The quantitative estimate of drug-likeness (QED) is 0.806. The van der Waals surface area contributed by atoms with Crippen molar-refractivity contribution in [3.05, 3.63) is 60.2 Å². The maximum absolute atomic E-state index is 12.1. The van der Waals surface area contributed by atoms with Gasteiger partial charge in [0.15, 0.2) is 0 Å². The molecule has 0 spiro atoms. The third-order valence-corrected chi connectivity index (χ3v) is 4.47. The van der Waals surface area contributed by atoms with E-state index in [1.807, 2.05) is 20.8 Å². The number of aromatic amines is 1. The van der Waals surface area contributed by atoms with Gasteiger partial charge in [0.1, 0.15) is 10.3 Å². The molecule has 1 heterocycles.